The molecule has 1 amide bonds. The Balaban J connectivity index is 1.86. The minimum atomic E-state index is -1.79. The standard InChI is InChI=1S/C34H43F2NO6/c1-33(2,3)43-32(40)37(6)29(21-34(4,5)36)30(38)20-26(31(39)42-22-23-10-8-7-9-11-23)18-24-12-13-27(28(35)19-24)25-14-16-41-17-15-25/h7-14,19,26,29H,15-18,20-22H2,1-6H3/t26-,29-/m0/s1. The number of hydrogen-bond acceptors (Lipinski definition) is 6. The molecule has 3 rings (SSSR count). The largest absolute Gasteiger partial charge is 0.461 e. The van der Waals surface area contributed by atoms with Gasteiger partial charge in [0.05, 0.1) is 25.2 Å². The molecular weight excluding hydrogens is 556 g/mol. The lowest BCUT2D eigenvalue weighted by molar-refractivity contribution is -0.151. The Labute approximate surface area is 253 Å². The molecule has 0 aromatic heterocycles. The summed E-state index contributed by atoms with van der Waals surface area (Å²) in [6, 6.07) is 12.7. The molecule has 0 aliphatic carbocycles. The Kier molecular flexibility index (Phi) is 11.6. The molecule has 2 aromatic carbocycles. The Hall–Kier alpha value is -3.59. The molecule has 9 heteroatoms. The zero-order valence-corrected chi connectivity index (χ0v) is 26.0. The maximum Gasteiger partial charge on any atom is 0.410 e. The van der Waals surface area contributed by atoms with Crippen molar-refractivity contribution in [2.75, 3.05) is 20.3 Å². The second-order valence-electron chi connectivity index (χ2n) is 12.6. The molecule has 7 nitrogen and oxygen atoms in total. The van der Waals surface area contributed by atoms with E-state index < -0.39 is 46.9 Å². The fourth-order valence-electron chi connectivity index (χ4n) is 4.85. The summed E-state index contributed by atoms with van der Waals surface area (Å²) < 4.78 is 46.4. The summed E-state index contributed by atoms with van der Waals surface area (Å²) in [5.41, 5.74) is -0.0292. The predicted octanol–water partition coefficient (Wildman–Crippen LogP) is 6.86. The molecule has 1 aliphatic rings. The van der Waals surface area contributed by atoms with E-state index in [1.54, 1.807) is 32.9 Å². The number of carbonyl (C=O) groups is 3. The number of alkyl halides is 1. The molecule has 0 spiro atoms. The molecule has 0 radical (unpaired) electrons. The summed E-state index contributed by atoms with van der Waals surface area (Å²) in [6.07, 6.45) is 1.04. The van der Waals surface area contributed by atoms with Gasteiger partial charge < -0.3 is 19.1 Å². The number of esters is 1. The first-order valence-electron chi connectivity index (χ1n) is 14.6. The lowest BCUT2D eigenvalue weighted by Gasteiger charge is -2.32. The van der Waals surface area contributed by atoms with E-state index in [2.05, 4.69) is 0 Å². The van der Waals surface area contributed by atoms with Gasteiger partial charge >= 0.3 is 12.1 Å². The van der Waals surface area contributed by atoms with Gasteiger partial charge in [0.2, 0.25) is 0 Å². The zero-order chi connectivity index (χ0) is 31.8. The van der Waals surface area contributed by atoms with Crippen molar-refractivity contribution in [2.45, 2.75) is 84.2 Å². The normalized spacial score (nSPS) is 15.2. The number of rotatable bonds is 12. The van der Waals surface area contributed by atoms with Crippen LogP contribution >= 0.6 is 0 Å². The number of halogens is 2. The first kappa shape index (κ1) is 33.9. The fourth-order valence-corrected chi connectivity index (χ4v) is 4.85. The molecule has 2 aromatic rings. The van der Waals surface area contributed by atoms with Crippen molar-refractivity contribution >= 4 is 23.4 Å². The van der Waals surface area contributed by atoms with Gasteiger partial charge in [0.1, 0.15) is 23.7 Å². The summed E-state index contributed by atoms with van der Waals surface area (Å²) in [6.45, 7) is 8.64. The lowest BCUT2D eigenvalue weighted by Crippen LogP contribution is -2.48. The van der Waals surface area contributed by atoms with Crippen LogP contribution in [0.25, 0.3) is 5.57 Å². The topological polar surface area (TPSA) is 82.1 Å². The highest BCUT2D eigenvalue weighted by Gasteiger charge is 2.37. The number of ketones is 1. The number of amides is 1. The van der Waals surface area contributed by atoms with E-state index >= 15 is 4.39 Å². The van der Waals surface area contributed by atoms with Gasteiger partial charge in [0, 0.05) is 25.5 Å². The Bertz CT molecular complexity index is 1300. The smallest absolute Gasteiger partial charge is 0.410 e. The van der Waals surface area contributed by atoms with E-state index in [0.29, 0.717) is 30.8 Å². The van der Waals surface area contributed by atoms with Gasteiger partial charge in [-0.3, -0.25) is 9.59 Å². The second-order valence-corrected chi connectivity index (χ2v) is 12.6. The molecular formula is C34H43F2NO6. The average Bonchev–Trinajstić information content (AvgIpc) is 2.93. The zero-order valence-electron chi connectivity index (χ0n) is 26.0. The van der Waals surface area contributed by atoms with Crippen LogP contribution in [0.1, 0.15) is 70.6 Å². The molecule has 1 heterocycles. The quantitative estimate of drug-likeness (QED) is 0.248. The third-order valence-electron chi connectivity index (χ3n) is 7.03. The van der Waals surface area contributed by atoms with Crippen molar-refractivity contribution in [3.05, 3.63) is 77.1 Å². The number of likely N-dealkylation sites (N-methyl/N-ethyl adjacent to an activating group) is 1. The van der Waals surface area contributed by atoms with E-state index in [0.717, 1.165) is 16.0 Å². The molecule has 1 aliphatic heterocycles. The monoisotopic (exact) mass is 599 g/mol. The SMILES string of the molecule is CN(C(=O)OC(C)(C)C)[C@@H](CC(C)(C)F)C(=O)C[C@H](Cc1ccc(C2=CCOCC2)c(F)c1)C(=O)OCc1ccccc1. The highest BCUT2D eigenvalue weighted by molar-refractivity contribution is 5.90. The lowest BCUT2D eigenvalue weighted by atomic mass is 9.88. The summed E-state index contributed by atoms with van der Waals surface area (Å²) >= 11 is 0. The van der Waals surface area contributed by atoms with Gasteiger partial charge in [-0.15, -0.1) is 0 Å². The molecule has 2 atom stereocenters. The van der Waals surface area contributed by atoms with Crippen LogP contribution in [0.2, 0.25) is 0 Å². The summed E-state index contributed by atoms with van der Waals surface area (Å²) in [5.74, 6) is -2.60. The highest BCUT2D eigenvalue weighted by atomic mass is 19.1. The molecule has 0 N–H and O–H groups in total. The highest BCUT2D eigenvalue weighted by Crippen LogP contribution is 2.28. The molecule has 0 saturated carbocycles. The van der Waals surface area contributed by atoms with Crippen LogP contribution in [-0.4, -0.2) is 60.3 Å². The minimum absolute atomic E-state index is 0.00730. The first-order valence-corrected chi connectivity index (χ1v) is 14.6. The molecule has 0 fully saturated rings. The van der Waals surface area contributed by atoms with Crippen molar-refractivity contribution in [2.24, 2.45) is 5.92 Å². The molecule has 43 heavy (non-hydrogen) atoms. The van der Waals surface area contributed by atoms with Crippen molar-refractivity contribution in [1.82, 2.24) is 4.90 Å². The van der Waals surface area contributed by atoms with Crippen LogP contribution in [0.3, 0.4) is 0 Å². The van der Waals surface area contributed by atoms with Crippen molar-refractivity contribution < 1.29 is 37.4 Å². The molecule has 0 unspecified atom stereocenters. The predicted molar refractivity (Wildman–Crippen MR) is 160 cm³/mol. The maximum absolute atomic E-state index is 15.2. The Morgan fingerprint density at radius 1 is 1.02 bits per heavy atom. The summed E-state index contributed by atoms with van der Waals surface area (Å²) in [4.78, 5) is 41.0. The van der Waals surface area contributed by atoms with E-state index in [-0.39, 0.29) is 25.9 Å². The van der Waals surface area contributed by atoms with Crippen molar-refractivity contribution in [3.8, 4) is 0 Å². The average molecular weight is 600 g/mol. The Morgan fingerprint density at radius 2 is 1.72 bits per heavy atom. The third-order valence-corrected chi connectivity index (χ3v) is 7.03. The molecule has 0 saturated heterocycles. The fraction of sp³-hybridized carbons (Fsp3) is 0.500. The summed E-state index contributed by atoms with van der Waals surface area (Å²) in [5, 5.41) is 0. The van der Waals surface area contributed by atoms with Gasteiger partial charge in [-0.25, -0.2) is 13.6 Å². The van der Waals surface area contributed by atoms with E-state index in [4.69, 9.17) is 14.2 Å². The number of Topliss-reactive ketones (excluding diaryl/α,β-unsaturated/α-hetero) is 1. The first-order chi connectivity index (χ1) is 20.1. The van der Waals surface area contributed by atoms with Crippen LogP contribution in [-0.2, 0) is 36.8 Å². The number of benzene rings is 2. The van der Waals surface area contributed by atoms with E-state index in [1.165, 1.54) is 27.0 Å². The van der Waals surface area contributed by atoms with E-state index in [9.17, 15) is 18.8 Å². The van der Waals surface area contributed by atoms with Crippen LogP contribution < -0.4 is 0 Å². The Morgan fingerprint density at radius 3 is 2.30 bits per heavy atom. The van der Waals surface area contributed by atoms with Crippen molar-refractivity contribution in [1.29, 1.82) is 0 Å². The van der Waals surface area contributed by atoms with Gasteiger partial charge in [-0.2, -0.15) is 0 Å². The van der Waals surface area contributed by atoms with Gasteiger partial charge in [-0.1, -0.05) is 48.5 Å². The minimum Gasteiger partial charge on any atom is -0.461 e. The van der Waals surface area contributed by atoms with Gasteiger partial charge in [-0.05, 0) is 70.2 Å². The number of carbonyl (C=O) groups excluding carboxylic acids is 3. The number of hydrogen-bond donors (Lipinski definition) is 0. The van der Waals surface area contributed by atoms with Gasteiger partial charge in [0.15, 0.2) is 5.78 Å². The van der Waals surface area contributed by atoms with E-state index in [1.807, 2.05) is 36.4 Å². The molecule has 0 bridgehead atoms. The maximum atomic E-state index is 15.2. The van der Waals surface area contributed by atoms with Gasteiger partial charge in [0.25, 0.3) is 0 Å². The van der Waals surface area contributed by atoms with Crippen LogP contribution in [0.4, 0.5) is 13.6 Å². The molecule has 234 valence electrons. The number of ether oxygens (including phenoxy) is 3. The van der Waals surface area contributed by atoms with Crippen LogP contribution in [0.15, 0.2) is 54.6 Å². The summed E-state index contributed by atoms with van der Waals surface area (Å²) in [7, 11) is 1.38. The number of nitrogens with zero attached hydrogens (tertiary/aromatic N) is 1. The second kappa shape index (κ2) is 14.7. The van der Waals surface area contributed by atoms with Crippen molar-refractivity contribution in [3.63, 3.8) is 0 Å². The van der Waals surface area contributed by atoms with Crippen LogP contribution in [0, 0.1) is 11.7 Å². The van der Waals surface area contributed by atoms with Crippen LogP contribution in [0.5, 0.6) is 0 Å². The third kappa shape index (κ3) is 10.9.